The number of nitrogens with one attached hydrogen (secondary N) is 1. The van der Waals surface area contributed by atoms with Crippen molar-refractivity contribution in [3.63, 3.8) is 0 Å². The van der Waals surface area contributed by atoms with Crippen LogP contribution in [0.2, 0.25) is 0 Å². The molecule has 0 aliphatic rings. The lowest BCUT2D eigenvalue weighted by Crippen LogP contribution is -2.53. The molecular weight excluding hydrogens is 268 g/mol. The molecule has 0 aromatic carbocycles. The summed E-state index contributed by atoms with van der Waals surface area (Å²) in [6.45, 7) is 7.75. The maximum Gasteiger partial charge on any atom is 0.246 e. The van der Waals surface area contributed by atoms with E-state index >= 15 is 0 Å². The van der Waals surface area contributed by atoms with E-state index in [9.17, 15) is 17.8 Å². The van der Waals surface area contributed by atoms with Crippen LogP contribution in [0, 0.1) is 0 Å². The van der Waals surface area contributed by atoms with Gasteiger partial charge in [0.15, 0.2) is 5.37 Å². The average Bonchev–Trinajstić information content (AvgIpc) is 2.22. The second kappa shape index (κ2) is 7.02. The molecule has 0 aliphatic heterocycles. The molecule has 112 valence electrons. The maximum atomic E-state index is 11.3. The number of hydrogen-bond acceptors (Lipinski definition) is 4. The van der Waals surface area contributed by atoms with E-state index in [4.69, 9.17) is 0 Å². The van der Waals surface area contributed by atoms with Gasteiger partial charge < -0.3 is 14.4 Å². The molecule has 7 heteroatoms. The molecule has 0 radical (unpaired) electrons. The van der Waals surface area contributed by atoms with E-state index in [0.29, 0.717) is 25.1 Å². The Morgan fingerprint density at radius 3 is 2.32 bits per heavy atom. The van der Waals surface area contributed by atoms with Gasteiger partial charge in [0, 0.05) is 25.0 Å². The normalized spacial score (nSPS) is 13.9. The molecule has 0 heterocycles. The predicted octanol–water partition coefficient (Wildman–Crippen LogP) is 0.427. The van der Waals surface area contributed by atoms with Crippen LogP contribution in [0.25, 0.3) is 0 Å². The lowest BCUT2D eigenvalue weighted by atomic mass is 10.3. The van der Waals surface area contributed by atoms with Crippen LogP contribution in [0.4, 0.5) is 0 Å². The first-order chi connectivity index (χ1) is 8.52. The van der Waals surface area contributed by atoms with Gasteiger partial charge in [-0.25, -0.2) is 8.42 Å². The van der Waals surface area contributed by atoms with Crippen molar-refractivity contribution < 1.29 is 22.2 Å². The third kappa shape index (κ3) is 6.17. The molecule has 0 saturated heterocycles. The highest BCUT2D eigenvalue weighted by atomic mass is 32.2. The van der Waals surface area contributed by atoms with E-state index in [1.54, 1.807) is 27.9 Å². The zero-order chi connectivity index (χ0) is 15.3. The molecule has 0 saturated carbocycles. The number of amides is 1. The summed E-state index contributed by atoms with van der Waals surface area (Å²) in [4.78, 5) is 11.3. The molecule has 0 aromatic rings. The van der Waals surface area contributed by atoms with Gasteiger partial charge in [0.25, 0.3) is 0 Å². The number of nitrogens with zero attached hydrogens (tertiary/aromatic N) is 1. The Morgan fingerprint density at radius 1 is 1.42 bits per heavy atom. The van der Waals surface area contributed by atoms with Gasteiger partial charge in [0.05, 0.1) is 20.6 Å². The zero-order valence-electron chi connectivity index (χ0n) is 12.1. The first-order valence-corrected chi connectivity index (χ1v) is 7.70. The van der Waals surface area contributed by atoms with Gasteiger partial charge >= 0.3 is 0 Å². The fourth-order valence-electron chi connectivity index (χ4n) is 2.03. The maximum absolute atomic E-state index is 11.3. The van der Waals surface area contributed by atoms with Crippen molar-refractivity contribution in [2.45, 2.75) is 32.1 Å². The van der Waals surface area contributed by atoms with Crippen LogP contribution in [0.5, 0.6) is 0 Å². The molecule has 0 aromatic heterocycles. The molecule has 1 amide bonds. The fourth-order valence-corrected chi connectivity index (χ4v) is 3.24. The monoisotopic (exact) mass is 292 g/mol. The molecule has 0 spiro atoms. The van der Waals surface area contributed by atoms with E-state index in [0.717, 1.165) is 0 Å². The third-order valence-electron chi connectivity index (χ3n) is 3.05. The number of carbonyl (C=O) groups excluding carboxylic acids is 1. The van der Waals surface area contributed by atoms with Crippen LogP contribution in [-0.4, -0.2) is 55.9 Å². The van der Waals surface area contributed by atoms with Crippen molar-refractivity contribution >= 4 is 16.0 Å². The summed E-state index contributed by atoms with van der Waals surface area (Å²) in [5.41, 5.74) is 0.433. The Labute approximate surface area is 115 Å². The number of carbonyl (C=O) groups is 1. The van der Waals surface area contributed by atoms with E-state index in [2.05, 4.69) is 11.9 Å². The van der Waals surface area contributed by atoms with Crippen LogP contribution in [0.15, 0.2) is 12.2 Å². The highest BCUT2D eigenvalue weighted by Crippen LogP contribution is 2.16. The minimum absolute atomic E-state index is 0.102. The van der Waals surface area contributed by atoms with Gasteiger partial charge in [-0.3, -0.25) is 4.79 Å². The Balaban J connectivity index is 4.38. The van der Waals surface area contributed by atoms with Crippen molar-refractivity contribution in [3.05, 3.63) is 12.2 Å². The number of quaternary nitrogens is 1. The fraction of sp³-hybridized carbons (Fsp3) is 0.750. The molecule has 1 N–H and O–H groups in total. The summed E-state index contributed by atoms with van der Waals surface area (Å²) in [6, 6.07) is 0. The minimum Gasteiger partial charge on any atom is -0.743 e. The Bertz CT molecular complexity index is 429. The standard InChI is InChI=1S/C12H24N2O4S/c1-6-11(19(16,17)18)14(4,5)9-7-8-13-12(15)10(2)3/h11H,2,6-9H2,1,3-5H3,(H-,13,15,16,17,18). The average molecular weight is 292 g/mol. The molecule has 0 fully saturated rings. The molecule has 1 atom stereocenters. The molecular formula is C12H24N2O4S. The first kappa shape index (κ1) is 18.1. The van der Waals surface area contributed by atoms with Crippen molar-refractivity contribution in [1.82, 2.24) is 5.32 Å². The Kier molecular flexibility index (Phi) is 6.68. The van der Waals surface area contributed by atoms with Crippen LogP contribution in [0.1, 0.15) is 26.7 Å². The highest BCUT2D eigenvalue weighted by molar-refractivity contribution is 7.86. The first-order valence-electron chi connectivity index (χ1n) is 6.23. The molecule has 6 nitrogen and oxygen atoms in total. The minimum atomic E-state index is -4.32. The molecule has 0 aliphatic carbocycles. The molecule has 19 heavy (non-hydrogen) atoms. The van der Waals surface area contributed by atoms with Gasteiger partial charge in [-0.05, 0) is 6.92 Å². The summed E-state index contributed by atoms with van der Waals surface area (Å²) in [6.07, 6.45) is 0.870. The van der Waals surface area contributed by atoms with Crippen molar-refractivity contribution in [2.24, 2.45) is 0 Å². The summed E-state index contributed by atoms with van der Waals surface area (Å²) in [7, 11) is -0.894. The lowest BCUT2D eigenvalue weighted by Gasteiger charge is -2.38. The Hall–Kier alpha value is -0.920. The summed E-state index contributed by atoms with van der Waals surface area (Å²) in [5.74, 6) is -0.214. The van der Waals surface area contributed by atoms with Crippen molar-refractivity contribution in [3.8, 4) is 0 Å². The van der Waals surface area contributed by atoms with Gasteiger partial charge in [0.1, 0.15) is 10.1 Å². The van der Waals surface area contributed by atoms with Crippen LogP contribution >= 0.6 is 0 Å². The van der Waals surface area contributed by atoms with Gasteiger partial charge in [-0.1, -0.05) is 13.5 Å². The van der Waals surface area contributed by atoms with Crippen LogP contribution in [0.3, 0.4) is 0 Å². The number of hydrogen-bond donors (Lipinski definition) is 1. The SMILES string of the molecule is C=C(C)C(=O)NCCC[N+](C)(C)C(CC)S(=O)(=O)[O-]. The lowest BCUT2D eigenvalue weighted by molar-refractivity contribution is -0.901. The van der Waals surface area contributed by atoms with Crippen molar-refractivity contribution in [2.75, 3.05) is 27.2 Å². The van der Waals surface area contributed by atoms with E-state index < -0.39 is 15.5 Å². The third-order valence-corrected chi connectivity index (χ3v) is 4.62. The van der Waals surface area contributed by atoms with Gasteiger partial charge in [0.2, 0.25) is 5.91 Å². The second-order valence-electron chi connectivity index (χ2n) is 5.25. The predicted molar refractivity (Wildman–Crippen MR) is 73.2 cm³/mol. The molecule has 0 rings (SSSR count). The Morgan fingerprint density at radius 2 is 1.95 bits per heavy atom. The highest BCUT2D eigenvalue weighted by Gasteiger charge is 2.31. The van der Waals surface area contributed by atoms with Gasteiger partial charge in [-0.15, -0.1) is 0 Å². The van der Waals surface area contributed by atoms with Crippen LogP contribution < -0.4 is 5.32 Å². The van der Waals surface area contributed by atoms with Gasteiger partial charge in [-0.2, -0.15) is 0 Å². The quantitative estimate of drug-likeness (QED) is 0.304. The largest absolute Gasteiger partial charge is 0.743 e. The van der Waals surface area contributed by atoms with E-state index in [1.807, 2.05) is 0 Å². The summed E-state index contributed by atoms with van der Waals surface area (Å²) in [5, 5.41) is 1.72. The van der Waals surface area contributed by atoms with Crippen molar-refractivity contribution in [1.29, 1.82) is 0 Å². The topological polar surface area (TPSA) is 86.3 Å². The van der Waals surface area contributed by atoms with E-state index in [1.165, 1.54) is 0 Å². The smallest absolute Gasteiger partial charge is 0.246 e. The summed E-state index contributed by atoms with van der Waals surface area (Å²) >= 11 is 0. The molecule has 1 unspecified atom stereocenters. The molecule has 0 bridgehead atoms. The zero-order valence-corrected chi connectivity index (χ0v) is 12.9. The van der Waals surface area contributed by atoms with E-state index in [-0.39, 0.29) is 16.8 Å². The van der Waals surface area contributed by atoms with Crippen LogP contribution in [-0.2, 0) is 14.9 Å². The summed E-state index contributed by atoms with van der Waals surface area (Å²) < 4.78 is 33.7. The second-order valence-corrected chi connectivity index (χ2v) is 6.78. The number of rotatable bonds is 8.